The monoisotopic (exact) mass is 520 g/mol. The van der Waals surface area contributed by atoms with Crippen molar-refractivity contribution in [3.05, 3.63) is 69.7 Å². The van der Waals surface area contributed by atoms with Gasteiger partial charge in [0.2, 0.25) is 0 Å². The number of allylic oxidation sites excluding steroid dienone is 2. The van der Waals surface area contributed by atoms with Gasteiger partial charge in [0.25, 0.3) is 0 Å². The van der Waals surface area contributed by atoms with Crippen molar-refractivity contribution >= 4 is 41.9 Å². The Morgan fingerprint density at radius 1 is 1.30 bits per heavy atom. The Labute approximate surface area is 221 Å². The second-order valence-electron chi connectivity index (χ2n) is 9.38. The van der Waals surface area contributed by atoms with Crippen LogP contribution in [0.1, 0.15) is 42.0 Å². The summed E-state index contributed by atoms with van der Waals surface area (Å²) in [5.74, 6) is 1.77. The van der Waals surface area contributed by atoms with Crippen LogP contribution in [0.4, 0.5) is 15.9 Å². The number of amidine groups is 1. The molecule has 10 heteroatoms. The van der Waals surface area contributed by atoms with E-state index in [4.69, 9.17) is 16.6 Å². The summed E-state index contributed by atoms with van der Waals surface area (Å²) in [6.45, 7) is 10.1. The number of halogens is 2. The molecular weight excluding hydrogens is 491 g/mol. The molecule has 1 saturated heterocycles. The van der Waals surface area contributed by atoms with Gasteiger partial charge in [0.05, 0.1) is 5.69 Å². The van der Waals surface area contributed by atoms with Crippen LogP contribution in [0.15, 0.2) is 56.9 Å². The van der Waals surface area contributed by atoms with E-state index in [1.807, 2.05) is 18.3 Å². The number of nitrogens with one attached hydrogen (secondary N) is 2. The Kier molecular flexibility index (Phi) is 7.83. The van der Waals surface area contributed by atoms with Gasteiger partial charge in [0.1, 0.15) is 23.1 Å². The highest BCUT2D eigenvalue weighted by Gasteiger charge is 2.30. The predicted octanol–water partition coefficient (Wildman–Crippen LogP) is 4.95. The number of nitrogens with zero attached hydrogens (tertiary/aromatic N) is 6. The quantitative estimate of drug-likeness (QED) is 0.306. The maximum absolute atomic E-state index is 13.6. The van der Waals surface area contributed by atoms with Crippen molar-refractivity contribution in [3.63, 3.8) is 0 Å². The molecule has 0 aromatic carbocycles. The lowest BCUT2D eigenvalue weighted by Crippen LogP contribution is -2.43. The molecule has 2 fully saturated rings. The molecule has 0 radical (unpaired) electrons. The van der Waals surface area contributed by atoms with Crippen LogP contribution >= 0.6 is 11.6 Å². The van der Waals surface area contributed by atoms with Gasteiger partial charge in [-0.25, -0.2) is 29.3 Å². The van der Waals surface area contributed by atoms with Crippen LogP contribution in [0, 0.1) is 12.7 Å². The van der Waals surface area contributed by atoms with Crippen molar-refractivity contribution < 1.29 is 4.39 Å². The minimum Gasteiger partial charge on any atom is -0.325 e. The lowest BCUT2D eigenvalue weighted by Gasteiger charge is -2.28. The lowest BCUT2D eigenvalue weighted by molar-refractivity contribution is 0.233. The lowest BCUT2D eigenvalue weighted by atomic mass is 10.0. The van der Waals surface area contributed by atoms with E-state index in [-0.39, 0.29) is 5.82 Å². The molecule has 37 heavy (non-hydrogen) atoms. The number of pyridine rings is 2. The molecule has 0 atom stereocenters. The zero-order valence-electron chi connectivity index (χ0n) is 20.8. The van der Waals surface area contributed by atoms with Gasteiger partial charge in [-0.2, -0.15) is 0 Å². The van der Waals surface area contributed by atoms with Crippen LogP contribution in [0.3, 0.4) is 0 Å². The van der Waals surface area contributed by atoms with Crippen LogP contribution in [0.2, 0.25) is 5.15 Å². The Hall–Kier alpha value is -3.27. The zero-order valence-corrected chi connectivity index (χ0v) is 21.6. The Morgan fingerprint density at radius 3 is 2.84 bits per heavy atom. The van der Waals surface area contributed by atoms with Crippen molar-refractivity contribution in [1.82, 2.24) is 20.2 Å². The highest BCUT2D eigenvalue weighted by atomic mass is 35.5. The molecule has 1 aliphatic carbocycles. The average Bonchev–Trinajstić information content (AvgIpc) is 3.75. The van der Waals surface area contributed by atoms with E-state index >= 15 is 0 Å². The molecular formula is C27H30ClFN8. The molecule has 0 unspecified atom stereocenters. The third kappa shape index (κ3) is 6.18. The molecule has 0 spiro atoms. The third-order valence-corrected chi connectivity index (χ3v) is 6.97. The van der Waals surface area contributed by atoms with E-state index in [1.54, 1.807) is 19.2 Å². The first kappa shape index (κ1) is 25.4. The summed E-state index contributed by atoms with van der Waals surface area (Å²) >= 11 is 6.64. The molecule has 1 saturated carbocycles. The Morgan fingerprint density at radius 2 is 2.11 bits per heavy atom. The number of anilines is 1. The van der Waals surface area contributed by atoms with Gasteiger partial charge in [-0.15, -0.1) is 0 Å². The molecule has 0 bridgehead atoms. The van der Waals surface area contributed by atoms with Crippen LogP contribution in [-0.2, 0) is 6.54 Å². The first-order chi connectivity index (χ1) is 18.0. The largest absolute Gasteiger partial charge is 0.325 e. The standard InChI is InChI=1S/C27H30ClFN8/c1-17-22(29)6-8-24(34-17)35-23-7-5-19(9-10-32-23)27(30-2)36-25-21(16-37-13-11-31-12-14-37)20(18-3-4-18)15-33-26(25)28/h6-10,15,18,31H,2-5,11-14,16H2,1H3,(H,34,35). The third-order valence-electron chi connectivity index (χ3n) is 6.69. The van der Waals surface area contributed by atoms with Gasteiger partial charge in [0.15, 0.2) is 11.0 Å². The van der Waals surface area contributed by atoms with Crippen LogP contribution in [-0.4, -0.2) is 59.8 Å². The molecule has 2 aromatic rings. The summed E-state index contributed by atoms with van der Waals surface area (Å²) in [4.78, 5) is 24.8. The molecule has 8 nitrogen and oxygen atoms in total. The number of aromatic nitrogens is 2. The Balaban J connectivity index is 1.41. The minimum atomic E-state index is -0.346. The van der Waals surface area contributed by atoms with E-state index < -0.39 is 0 Å². The molecule has 3 aliphatic rings. The van der Waals surface area contributed by atoms with E-state index in [0.29, 0.717) is 46.3 Å². The van der Waals surface area contributed by atoms with E-state index in [9.17, 15) is 4.39 Å². The van der Waals surface area contributed by atoms with Gasteiger partial charge < -0.3 is 10.6 Å². The second-order valence-corrected chi connectivity index (χ2v) is 9.74. The van der Waals surface area contributed by atoms with Crippen LogP contribution < -0.4 is 10.6 Å². The normalized spacial score (nSPS) is 18.7. The number of piperazine rings is 1. The zero-order chi connectivity index (χ0) is 25.8. The number of aryl methyl sites for hydroxylation is 1. The first-order valence-corrected chi connectivity index (χ1v) is 12.9. The highest BCUT2D eigenvalue weighted by Crippen LogP contribution is 2.45. The first-order valence-electron chi connectivity index (χ1n) is 12.5. The maximum Gasteiger partial charge on any atom is 0.155 e. The number of rotatable bonds is 7. The van der Waals surface area contributed by atoms with Crippen molar-refractivity contribution in [2.75, 3.05) is 31.5 Å². The highest BCUT2D eigenvalue weighted by molar-refractivity contribution is 6.32. The summed E-state index contributed by atoms with van der Waals surface area (Å²) in [5, 5.41) is 6.91. The fourth-order valence-corrected chi connectivity index (χ4v) is 4.69. The summed E-state index contributed by atoms with van der Waals surface area (Å²) in [5.41, 5.74) is 4.20. The fraction of sp³-hybridized carbons (Fsp3) is 0.370. The van der Waals surface area contributed by atoms with E-state index in [1.165, 1.54) is 11.6 Å². The van der Waals surface area contributed by atoms with Gasteiger partial charge in [-0.1, -0.05) is 11.6 Å². The minimum absolute atomic E-state index is 0.322. The van der Waals surface area contributed by atoms with Crippen LogP contribution in [0.25, 0.3) is 0 Å². The van der Waals surface area contributed by atoms with E-state index in [2.05, 4.69) is 42.2 Å². The predicted molar refractivity (Wildman–Crippen MR) is 148 cm³/mol. The van der Waals surface area contributed by atoms with Crippen molar-refractivity contribution in [1.29, 1.82) is 0 Å². The number of aliphatic imine (C=N–C) groups is 3. The van der Waals surface area contributed by atoms with Gasteiger partial charge in [-0.05, 0) is 68.7 Å². The molecule has 0 amide bonds. The second kappa shape index (κ2) is 11.4. The SMILES string of the molecule is C=NC(=Nc1c(Cl)ncc(C2CC2)c1CN1CCNCC1)C1=CC=NC(Nc2ccc(F)c(C)n2)=CC1. The maximum atomic E-state index is 13.6. The Bertz CT molecular complexity index is 1310. The average molecular weight is 521 g/mol. The van der Waals surface area contributed by atoms with Gasteiger partial charge in [0, 0.05) is 56.3 Å². The smallest absolute Gasteiger partial charge is 0.155 e. The summed E-state index contributed by atoms with van der Waals surface area (Å²) in [6, 6.07) is 2.96. The van der Waals surface area contributed by atoms with Crippen molar-refractivity contribution in [2.24, 2.45) is 15.0 Å². The summed E-state index contributed by atoms with van der Waals surface area (Å²) < 4.78 is 13.6. The molecule has 2 N–H and O–H groups in total. The molecule has 192 valence electrons. The van der Waals surface area contributed by atoms with Gasteiger partial charge in [-0.3, -0.25) is 4.90 Å². The summed E-state index contributed by atoms with van der Waals surface area (Å²) in [7, 11) is 0. The fourth-order valence-electron chi connectivity index (χ4n) is 4.49. The molecule has 4 heterocycles. The van der Waals surface area contributed by atoms with Crippen molar-refractivity contribution in [3.8, 4) is 0 Å². The molecule has 2 aliphatic heterocycles. The van der Waals surface area contributed by atoms with Crippen molar-refractivity contribution in [2.45, 2.75) is 38.6 Å². The molecule has 5 rings (SSSR count). The van der Waals surface area contributed by atoms with E-state index in [0.717, 1.165) is 56.7 Å². The molecule has 2 aromatic heterocycles. The van der Waals surface area contributed by atoms with Gasteiger partial charge >= 0.3 is 0 Å². The van der Waals surface area contributed by atoms with Crippen LogP contribution in [0.5, 0.6) is 0 Å². The summed E-state index contributed by atoms with van der Waals surface area (Å²) in [6.07, 6.45) is 10.2. The number of hydrogen-bond donors (Lipinski definition) is 2. The topological polar surface area (TPSA) is 90.2 Å². The number of hydrogen-bond acceptors (Lipinski definition) is 7.